The van der Waals surface area contributed by atoms with Crippen molar-refractivity contribution in [1.82, 2.24) is 0 Å². The predicted molar refractivity (Wildman–Crippen MR) is 76.9 cm³/mol. The van der Waals surface area contributed by atoms with Crippen molar-refractivity contribution < 1.29 is 14.3 Å². The Morgan fingerprint density at radius 2 is 2.26 bits per heavy atom. The van der Waals surface area contributed by atoms with E-state index in [9.17, 15) is 4.79 Å². The molecule has 0 N–H and O–H groups in total. The molecule has 1 aliphatic rings. The van der Waals surface area contributed by atoms with E-state index in [1.165, 1.54) is 17.8 Å². The van der Waals surface area contributed by atoms with Crippen molar-refractivity contribution in [2.75, 3.05) is 13.7 Å². The fraction of sp³-hybridized carbons (Fsp3) is 0.667. The van der Waals surface area contributed by atoms with Gasteiger partial charge in [-0.05, 0) is 43.6 Å². The number of Topliss-reactive ketones (excluding diaryl/α,β-unsaturated/α-hetero) is 1. The molecular formula is C15H22O3S. The highest BCUT2D eigenvalue weighted by atomic mass is 32.1. The van der Waals surface area contributed by atoms with Gasteiger partial charge in [0.1, 0.15) is 0 Å². The summed E-state index contributed by atoms with van der Waals surface area (Å²) in [6.45, 7) is 0.679. The number of carbonyl (C=O) groups excluding carboxylic acids is 1. The van der Waals surface area contributed by atoms with Crippen LogP contribution >= 0.6 is 11.3 Å². The minimum Gasteiger partial charge on any atom is -0.381 e. The van der Waals surface area contributed by atoms with Crippen molar-refractivity contribution in [2.24, 2.45) is 0 Å². The Kier molecular flexibility index (Phi) is 6.01. The van der Waals surface area contributed by atoms with Crippen molar-refractivity contribution in [3.8, 4) is 0 Å². The van der Waals surface area contributed by atoms with Crippen LogP contribution < -0.4 is 0 Å². The number of thiophene rings is 1. The third kappa shape index (κ3) is 4.71. The van der Waals surface area contributed by atoms with Crippen LogP contribution in [0, 0.1) is 0 Å². The summed E-state index contributed by atoms with van der Waals surface area (Å²) in [5.41, 5.74) is 0. The lowest BCUT2D eigenvalue weighted by atomic mass is 9.95. The number of hydrogen-bond donors (Lipinski definition) is 0. The smallest absolute Gasteiger partial charge is 0.172 e. The average molecular weight is 282 g/mol. The van der Waals surface area contributed by atoms with Gasteiger partial charge in [-0.25, -0.2) is 0 Å². The van der Waals surface area contributed by atoms with Crippen LogP contribution in [-0.2, 0) is 9.47 Å². The summed E-state index contributed by atoms with van der Waals surface area (Å²) >= 11 is 1.51. The van der Waals surface area contributed by atoms with E-state index in [-0.39, 0.29) is 5.78 Å². The molecule has 1 aromatic rings. The van der Waals surface area contributed by atoms with Gasteiger partial charge in [-0.2, -0.15) is 0 Å². The monoisotopic (exact) mass is 282 g/mol. The van der Waals surface area contributed by atoms with Gasteiger partial charge in [0.25, 0.3) is 0 Å². The Hall–Kier alpha value is -0.710. The second-order valence-electron chi connectivity index (χ2n) is 5.02. The molecular weight excluding hydrogens is 260 g/mol. The maximum absolute atomic E-state index is 11.8. The van der Waals surface area contributed by atoms with Gasteiger partial charge in [0, 0.05) is 20.1 Å². The SMILES string of the molecule is COC1CCCC(OCCCC(=O)c2cccs2)C1. The standard InChI is InChI=1S/C15H22O3S/c1-17-12-5-2-6-13(11-12)18-9-3-7-14(16)15-8-4-10-19-15/h4,8,10,12-13H,2-3,5-7,9,11H2,1H3. The minimum atomic E-state index is 0.233. The molecule has 1 aliphatic carbocycles. The number of carbonyl (C=O) groups is 1. The summed E-state index contributed by atoms with van der Waals surface area (Å²) in [6.07, 6.45) is 6.51. The first-order chi connectivity index (χ1) is 9.29. The van der Waals surface area contributed by atoms with Crippen LogP contribution in [0.15, 0.2) is 17.5 Å². The number of ketones is 1. The van der Waals surface area contributed by atoms with E-state index in [0.717, 1.165) is 30.6 Å². The van der Waals surface area contributed by atoms with Crippen LogP contribution in [-0.4, -0.2) is 31.7 Å². The summed E-state index contributed by atoms with van der Waals surface area (Å²) < 4.78 is 11.2. The van der Waals surface area contributed by atoms with Crippen LogP contribution in [0.4, 0.5) is 0 Å². The van der Waals surface area contributed by atoms with Crippen LogP contribution in [0.25, 0.3) is 0 Å². The molecule has 0 aliphatic heterocycles. The van der Waals surface area contributed by atoms with E-state index in [2.05, 4.69) is 0 Å². The molecule has 2 unspecified atom stereocenters. The van der Waals surface area contributed by atoms with Crippen molar-refractivity contribution >= 4 is 17.1 Å². The zero-order valence-electron chi connectivity index (χ0n) is 11.5. The Morgan fingerprint density at radius 1 is 1.42 bits per heavy atom. The molecule has 0 bridgehead atoms. The molecule has 3 nitrogen and oxygen atoms in total. The van der Waals surface area contributed by atoms with Gasteiger partial charge in [0.05, 0.1) is 17.1 Å². The van der Waals surface area contributed by atoms with E-state index >= 15 is 0 Å². The highest BCUT2D eigenvalue weighted by molar-refractivity contribution is 7.12. The van der Waals surface area contributed by atoms with Crippen molar-refractivity contribution in [2.45, 2.75) is 50.7 Å². The first-order valence-corrected chi connectivity index (χ1v) is 7.88. The molecule has 0 aromatic carbocycles. The molecule has 2 atom stereocenters. The quantitative estimate of drug-likeness (QED) is 0.565. The van der Waals surface area contributed by atoms with E-state index < -0.39 is 0 Å². The third-order valence-electron chi connectivity index (χ3n) is 3.61. The molecule has 2 rings (SSSR count). The Balaban J connectivity index is 1.60. The van der Waals surface area contributed by atoms with Crippen LogP contribution in [0.3, 0.4) is 0 Å². The van der Waals surface area contributed by atoms with Gasteiger partial charge >= 0.3 is 0 Å². The van der Waals surface area contributed by atoms with E-state index in [4.69, 9.17) is 9.47 Å². The summed E-state index contributed by atoms with van der Waals surface area (Å²) in [5.74, 6) is 0.233. The fourth-order valence-electron chi connectivity index (χ4n) is 2.51. The topological polar surface area (TPSA) is 35.5 Å². The summed E-state index contributed by atoms with van der Waals surface area (Å²) in [4.78, 5) is 12.6. The zero-order chi connectivity index (χ0) is 13.5. The van der Waals surface area contributed by atoms with Crippen molar-refractivity contribution in [1.29, 1.82) is 0 Å². The zero-order valence-corrected chi connectivity index (χ0v) is 12.3. The summed E-state index contributed by atoms with van der Waals surface area (Å²) in [6, 6.07) is 3.81. The molecule has 0 spiro atoms. The molecule has 1 heterocycles. The average Bonchev–Trinajstić information content (AvgIpc) is 2.98. The van der Waals surface area contributed by atoms with Gasteiger partial charge in [0.15, 0.2) is 5.78 Å². The molecule has 19 heavy (non-hydrogen) atoms. The molecule has 1 aromatic heterocycles. The number of rotatable bonds is 7. The maximum atomic E-state index is 11.8. The van der Waals surface area contributed by atoms with Gasteiger partial charge in [0.2, 0.25) is 0 Å². The van der Waals surface area contributed by atoms with Gasteiger partial charge in [-0.1, -0.05) is 6.07 Å². The van der Waals surface area contributed by atoms with Crippen molar-refractivity contribution in [3.63, 3.8) is 0 Å². The third-order valence-corrected chi connectivity index (χ3v) is 4.52. The highest BCUT2D eigenvalue weighted by Gasteiger charge is 2.21. The fourth-order valence-corrected chi connectivity index (χ4v) is 3.21. The van der Waals surface area contributed by atoms with Crippen LogP contribution in [0.5, 0.6) is 0 Å². The Bertz CT molecular complexity index is 375. The summed E-state index contributed by atoms with van der Waals surface area (Å²) in [5, 5.41) is 1.94. The summed E-state index contributed by atoms with van der Waals surface area (Å²) in [7, 11) is 1.77. The largest absolute Gasteiger partial charge is 0.381 e. The van der Waals surface area contributed by atoms with Gasteiger partial charge < -0.3 is 9.47 Å². The van der Waals surface area contributed by atoms with E-state index in [1.54, 1.807) is 7.11 Å². The molecule has 0 saturated heterocycles. The second-order valence-corrected chi connectivity index (χ2v) is 5.97. The molecule has 106 valence electrons. The highest BCUT2D eigenvalue weighted by Crippen LogP contribution is 2.23. The van der Waals surface area contributed by atoms with Crippen LogP contribution in [0.1, 0.15) is 48.2 Å². The Labute approximate surface area is 118 Å². The first kappa shape index (κ1) is 14.7. The lowest BCUT2D eigenvalue weighted by molar-refractivity contribution is -0.0299. The molecule has 0 amide bonds. The lowest BCUT2D eigenvalue weighted by Gasteiger charge is -2.28. The van der Waals surface area contributed by atoms with E-state index in [0.29, 0.717) is 25.2 Å². The molecule has 0 radical (unpaired) electrons. The number of hydrogen-bond acceptors (Lipinski definition) is 4. The Morgan fingerprint density at radius 3 is 3.00 bits per heavy atom. The van der Waals surface area contributed by atoms with Crippen LogP contribution in [0.2, 0.25) is 0 Å². The molecule has 1 saturated carbocycles. The number of methoxy groups -OCH3 is 1. The molecule has 1 fully saturated rings. The van der Waals surface area contributed by atoms with Gasteiger partial charge in [-0.3, -0.25) is 4.79 Å². The predicted octanol–water partition coefficient (Wildman–Crippen LogP) is 3.69. The normalized spacial score (nSPS) is 23.4. The lowest BCUT2D eigenvalue weighted by Crippen LogP contribution is -2.27. The second kappa shape index (κ2) is 7.78. The number of ether oxygens (including phenoxy) is 2. The minimum absolute atomic E-state index is 0.233. The van der Waals surface area contributed by atoms with E-state index in [1.807, 2.05) is 17.5 Å². The maximum Gasteiger partial charge on any atom is 0.172 e. The van der Waals surface area contributed by atoms with Crippen molar-refractivity contribution in [3.05, 3.63) is 22.4 Å². The van der Waals surface area contributed by atoms with Gasteiger partial charge in [-0.15, -0.1) is 11.3 Å². The first-order valence-electron chi connectivity index (χ1n) is 7.00. The molecule has 4 heteroatoms.